The summed E-state index contributed by atoms with van der Waals surface area (Å²) in [6, 6.07) is 0. The number of carbonyl (C=O) groups is 1. The summed E-state index contributed by atoms with van der Waals surface area (Å²) in [4.78, 5) is 13.2. The fraction of sp³-hybridized carbons (Fsp3) is 0.500. The molecule has 1 heterocycles. The number of fused-ring (bicyclic) bond motifs is 1. The van der Waals surface area contributed by atoms with Gasteiger partial charge in [0.25, 0.3) is 0 Å². The maximum atomic E-state index is 11.4. The quantitative estimate of drug-likeness (QED) is 0.593. The molecule has 1 fully saturated rings. The van der Waals surface area contributed by atoms with Gasteiger partial charge in [0.2, 0.25) is 5.79 Å². The molecular formula is C10H13NO3. The smallest absolute Gasteiger partial charge is 0.228 e. The Labute approximate surface area is 82.5 Å². The van der Waals surface area contributed by atoms with Crippen molar-refractivity contribution in [2.45, 2.75) is 12.7 Å². The predicted octanol–water partition coefficient (Wildman–Crippen LogP) is 0.0499. The van der Waals surface area contributed by atoms with E-state index in [1.54, 1.807) is 6.92 Å². The lowest BCUT2D eigenvalue weighted by atomic mass is 9.97. The number of rotatable bonds is 0. The Morgan fingerprint density at radius 1 is 1.64 bits per heavy atom. The average Bonchev–Trinajstić information content (AvgIpc) is 2.09. The van der Waals surface area contributed by atoms with Gasteiger partial charge >= 0.3 is 0 Å². The normalized spacial score (nSPS) is 32.2. The third-order valence-electron chi connectivity index (χ3n) is 2.60. The Bertz CT molecular complexity index is 345. The third-order valence-corrected chi connectivity index (χ3v) is 2.60. The number of ether oxygens (including phenoxy) is 1. The van der Waals surface area contributed by atoms with Crippen LogP contribution in [0.1, 0.15) is 6.92 Å². The molecule has 0 spiro atoms. The minimum atomic E-state index is -1.40. The zero-order valence-electron chi connectivity index (χ0n) is 8.28. The molecule has 1 aliphatic carbocycles. The van der Waals surface area contributed by atoms with Crippen molar-refractivity contribution in [2.75, 3.05) is 20.2 Å². The maximum absolute atomic E-state index is 11.4. The van der Waals surface area contributed by atoms with E-state index < -0.39 is 5.79 Å². The van der Waals surface area contributed by atoms with E-state index in [0.717, 1.165) is 0 Å². The molecule has 14 heavy (non-hydrogen) atoms. The van der Waals surface area contributed by atoms with Crippen LogP contribution in [0.15, 0.2) is 23.4 Å². The number of allylic oxidation sites excluding steroid dienone is 2. The molecule has 2 aliphatic rings. The van der Waals surface area contributed by atoms with E-state index in [9.17, 15) is 9.90 Å². The molecule has 0 aromatic rings. The third kappa shape index (κ3) is 1.27. The van der Waals surface area contributed by atoms with Gasteiger partial charge in [0, 0.05) is 19.7 Å². The number of aliphatic hydroxyl groups is 1. The fourth-order valence-electron chi connectivity index (χ4n) is 1.74. The molecule has 4 heteroatoms. The summed E-state index contributed by atoms with van der Waals surface area (Å²) in [5.41, 5.74) is 1.05. The summed E-state index contributed by atoms with van der Waals surface area (Å²) in [7, 11) is 1.83. The van der Waals surface area contributed by atoms with Crippen LogP contribution in [0.3, 0.4) is 0 Å². The number of hydrogen-bond acceptors (Lipinski definition) is 4. The van der Waals surface area contributed by atoms with Crippen molar-refractivity contribution in [1.29, 1.82) is 0 Å². The van der Waals surface area contributed by atoms with Gasteiger partial charge in [-0.25, -0.2) is 0 Å². The highest BCUT2D eigenvalue weighted by atomic mass is 16.6. The lowest BCUT2D eigenvalue weighted by Crippen LogP contribution is -2.49. The van der Waals surface area contributed by atoms with Crippen LogP contribution in [0.25, 0.3) is 0 Å². The van der Waals surface area contributed by atoms with Crippen LogP contribution in [0.2, 0.25) is 0 Å². The summed E-state index contributed by atoms with van der Waals surface area (Å²) in [6.45, 7) is 2.82. The van der Waals surface area contributed by atoms with E-state index in [4.69, 9.17) is 4.74 Å². The highest BCUT2D eigenvalue weighted by Crippen LogP contribution is 2.31. The second-order valence-electron chi connectivity index (χ2n) is 3.69. The first-order chi connectivity index (χ1) is 6.53. The number of carbonyl (C=O) groups excluding carboxylic acids is 1. The molecule has 0 aromatic heterocycles. The van der Waals surface area contributed by atoms with E-state index in [1.165, 1.54) is 12.2 Å². The Balaban J connectivity index is 2.43. The zero-order valence-corrected chi connectivity index (χ0v) is 8.28. The van der Waals surface area contributed by atoms with Crippen LogP contribution in [0.4, 0.5) is 0 Å². The SMILES string of the molecule is CC1=C[C@@]2(O)OCCN(C)C2=CC1=O. The first kappa shape index (κ1) is 9.43. The van der Waals surface area contributed by atoms with Crippen LogP contribution in [0, 0.1) is 0 Å². The predicted molar refractivity (Wildman–Crippen MR) is 50.4 cm³/mol. The molecular weight excluding hydrogens is 182 g/mol. The van der Waals surface area contributed by atoms with Crippen molar-refractivity contribution in [3.8, 4) is 0 Å². The van der Waals surface area contributed by atoms with Crippen LogP contribution >= 0.6 is 0 Å². The van der Waals surface area contributed by atoms with Crippen molar-refractivity contribution >= 4 is 5.78 Å². The minimum absolute atomic E-state index is 0.0676. The van der Waals surface area contributed by atoms with Gasteiger partial charge in [-0.15, -0.1) is 0 Å². The van der Waals surface area contributed by atoms with E-state index in [0.29, 0.717) is 24.4 Å². The van der Waals surface area contributed by atoms with Gasteiger partial charge in [-0.05, 0) is 18.6 Å². The van der Waals surface area contributed by atoms with Crippen molar-refractivity contribution in [3.63, 3.8) is 0 Å². The van der Waals surface area contributed by atoms with Gasteiger partial charge in [0.1, 0.15) is 0 Å². The van der Waals surface area contributed by atoms with E-state index in [2.05, 4.69) is 0 Å². The average molecular weight is 195 g/mol. The van der Waals surface area contributed by atoms with Gasteiger partial charge in [-0.3, -0.25) is 4.79 Å². The summed E-state index contributed by atoms with van der Waals surface area (Å²) < 4.78 is 5.28. The van der Waals surface area contributed by atoms with Crippen LogP contribution in [-0.2, 0) is 9.53 Å². The molecule has 1 atom stereocenters. The Morgan fingerprint density at radius 3 is 3.07 bits per heavy atom. The number of morpholine rings is 1. The topological polar surface area (TPSA) is 49.8 Å². The minimum Gasteiger partial charge on any atom is -0.371 e. The second-order valence-corrected chi connectivity index (χ2v) is 3.69. The van der Waals surface area contributed by atoms with Gasteiger partial charge in [0.15, 0.2) is 5.78 Å². The zero-order chi connectivity index (χ0) is 10.3. The summed E-state index contributed by atoms with van der Waals surface area (Å²) in [5, 5.41) is 10.1. The molecule has 0 radical (unpaired) electrons. The molecule has 1 aliphatic heterocycles. The number of likely N-dealkylation sites (N-methyl/N-ethyl adjacent to an activating group) is 1. The molecule has 4 nitrogen and oxygen atoms in total. The van der Waals surface area contributed by atoms with Gasteiger partial charge in [-0.2, -0.15) is 0 Å². The number of hydrogen-bond donors (Lipinski definition) is 1. The molecule has 0 aromatic carbocycles. The fourth-order valence-corrected chi connectivity index (χ4v) is 1.74. The van der Waals surface area contributed by atoms with Crippen molar-refractivity contribution in [3.05, 3.63) is 23.4 Å². The summed E-state index contributed by atoms with van der Waals surface area (Å²) in [5.74, 6) is -1.47. The van der Waals surface area contributed by atoms with Gasteiger partial charge < -0.3 is 14.7 Å². The van der Waals surface area contributed by atoms with Crippen molar-refractivity contribution < 1.29 is 14.6 Å². The van der Waals surface area contributed by atoms with E-state index in [1.807, 2.05) is 11.9 Å². The molecule has 0 bridgehead atoms. The van der Waals surface area contributed by atoms with Gasteiger partial charge in [-0.1, -0.05) is 0 Å². The molecule has 0 unspecified atom stereocenters. The van der Waals surface area contributed by atoms with Crippen LogP contribution in [0.5, 0.6) is 0 Å². The Kier molecular flexibility index (Phi) is 1.97. The molecule has 1 saturated heterocycles. The van der Waals surface area contributed by atoms with Crippen molar-refractivity contribution in [2.24, 2.45) is 0 Å². The first-order valence-corrected chi connectivity index (χ1v) is 4.56. The standard InChI is InChI=1S/C10H13NO3/c1-7-6-10(13)9(5-8(7)12)11(2)3-4-14-10/h5-6,13H,3-4H2,1-2H3/t10-/m1/s1. The van der Waals surface area contributed by atoms with Crippen molar-refractivity contribution in [1.82, 2.24) is 4.90 Å². The molecule has 76 valence electrons. The van der Waals surface area contributed by atoms with E-state index >= 15 is 0 Å². The monoisotopic (exact) mass is 195 g/mol. The van der Waals surface area contributed by atoms with Crippen LogP contribution in [-0.4, -0.2) is 41.8 Å². The van der Waals surface area contributed by atoms with Crippen LogP contribution < -0.4 is 0 Å². The molecule has 2 rings (SSSR count). The lowest BCUT2D eigenvalue weighted by molar-refractivity contribution is -0.175. The summed E-state index contributed by atoms with van der Waals surface area (Å²) >= 11 is 0. The lowest BCUT2D eigenvalue weighted by Gasteiger charge is -2.40. The highest BCUT2D eigenvalue weighted by Gasteiger charge is 2.39. The number of ketones is 1. The highest BCUT2D eigenvalue weighted by molar-refractivity contribution is 6.05. The van der Waals surface area contributed by atoms with E-state index in [-0.39, 0.29) is 5.78 Å². The first-order valence-electron chi connectivity index (χ1n) is 4.56. The second kappa shape index (κ2) is 2.93. The molecule has 0 amide bonds. The maximum Gasteiger partial charge on any atom is 0.228 e. The molecule has 1 N–H and O–H groups in total. The molecule has 0 saturated carbocycles. The van der Waals surface area contributed by atoms with Gasteiger partial charge in [0.05, 0.1) is 12.3 Å². The summed E-state index contributed by atoms with van der Waals surface area (Å²) in [6.07, 6.45) is 2.91. The Morgan fingerprint density at radius 2 is 2.36 bits per heavy atom. The number of nitrogens with zero attached hydrogens (tertiary/aromatic N) is 1. The largest absolute Gasteiger partial charge is 0.371 e. The Hall–Kier alpha value is -1.13.